The first-order valence-corrected chi connectivity index (χ1v) is 4.54. The molecular formula is C9H21NO3. The molecule has 0 N–H and O–H groups in total. The molecular weight excluding hydrogens is 170 g/mol. The Morgan fingerprint density at radius 1 is 0.692 bits per heavy atom. The standard InChI is InChI=1S/C9H21NO3/c1-11-7-4-10(5-8-12-2)6-9-13-3/h4-9H2,1-3H3. The van der Waals surface area contributed by atoms with Crippen LogP contribution >= 0.6 is 0 Å². The molecule has 0 spiro atoms. The maximum atomic E-state index is 5.01. The van der Waals surface area contributed by atoms with Gasteiger partial charge in [-0.25, -0.2) is 0 Å². The largest absolute Gasteiger partial charge is 0.383 e. The third-order valence-electron chi connectivity index (χ3n) is 1.83. The Morgan fingerprint density at radius 2 is 1.00 bits per heavy atom. The fourth-order valence-corrected chi connectivity index (χ4v) is 0.997. The summed E-state index contributed by atoms with van der Waals surface area (Å²) in [5.74, 6) is 0. The lowest BCUT2D eigenvalue weighted by Crippen LogP contribution is -2.33. The molecule has 13 heavy (non-hydrogen) atoms. The molecule has 0 heterocycles. The van der Waals surface area contributed by atoms with Gasteiger partial charge in [-0.3, -0.25) is 4.90 Å². The van der Waals surface area contributed by atoms with E-state index in [0.717, 1.165) is 39.5 Å². The second kappa shape index (κ2) is 9.92. The zero-order chi connectivity index (χ0) is 9.94. The summed E-state index contributed by atoms with van der Waals surface area (Å²) in [5, 5.41) is 0. The minimum atomic E-state index is 0.757. The van der Waals surface area contributed by atoms with Crippen LogP contribution in [-0.4, -0.2) is 65.7 Å². The van der Waals surface area contributed by atoms with E-state index in [4.69, 9.17) is 14.2 Å². The average Bonchev–Trinajstić information content (AvgIpc) is 2.17. The lowest BCUT2D eigenvalue weighted by Gasteiger charge is -2.20. The van der Waals surface area contributed by atoms with E-state index >= 15 is 0 Å². The maximum absolute atomic E-state index is 5.01. The van der Waals surface area contributed by atoms with E-state index in [1.807, 2.05) is 0 Å². The molecule has 0 aliphatic heterocycles. The normalized spacial score (nSPS) is 11.1. The van der Waals surface area contributed by atoms with Crippen molar-refractivity contribution in [3.05, 3.63) is 0 Å². The highest BCUT2D eigenvalue weighted by atomic mass is 16.5. The molecule has 4 nitrogen and oxygen atoms in total. The molecule has 0 bridgehead atoms. The number of methoxy groups -OCH3 is 3. The SMILES string of the molecule is COCCN(CCOC)CCOC. The fraction of sp³-hybridized carbons (Fsp3) is 1.00. The average molecular weight is 191 g/mol. The van der Waals surface area contributed by atoms with Crippen LogP contribution in [0.15, 0.2) is 0 Å². The van der Waals surface area contributed by atoms with E-state index in [0.29, 0.717) is 0 Å². The molecule has 0 aromatic carbocycles. The summed E-state index contributed by atoms with van der Waals surface area (Å²) in [6.45, 7) is 5.07. The van der Waals surface area contributed by atoms with Crippen LogP contribution in [0, 0.1) is 0 Å². The van der Waals surface area contributed by atoms with Crippen molar-refractivity contribution in [2.45, 2.75) is 0 Å². The summed E-state index contributed by atoms with van der Waals surface area (Å²) < 4.78 is 15.0. The van der Waals surface area contributed by atoms with Crippen molar-refractivity contribution in [1.82, 2.24) is 4.90 Å². The van der Waals surface area contributed by atoms with Crippen LogP contribution in [0.1, 0.15) is 0 Å². The molecule has 80 valence electrons. The molecule has 0 aromatic heterocycles. The molecule has 0 rings (SSSR count). The van der Waals surface area contributed by atoms with Crippen molar-refractivity contribution in [2.24, 2.45) is 0 Å². The monoisotopic (exact) mass is 191 g/mol. The van der Waals surface area contributed by atoms with Gasteiger partial charge in [-0.15, -0.1) is 0 Å². The minimum Gasteiger partial charge on any atom is -0.383 e. The highest BCUT2D eigenvalue weighted by Gasteiger charge is 2.02. The molecule has 0 radical (unpaired) electrons. The van der Waals surface area contributed by atoms with Gasteiger partial charge < -0.3 is 14.2 Å². The molecule has 0 aliphatic rings. The second-order valence-electron chi connectivity index (χ2n) is 2.82. The van der Waals surface area contributed by atoms with E-state index in [1.54, 1.807) is 21.3 Å². The Bertz CT molecular complexity index is 81.8. The van der Waals surface area contributed by atoms with Crippen LogP contribution in [0.5, 0.6) is 0 Å². The van der Waals surface area contributed by atoms with Gasteiger partial charge in [0.1, 0.15) is 0 Å². The number of ether oxygens (including phenoxy) is 3. The van der Waals surface area contributed by atoms with Gasteiger partial charge in [0, 0.05) is 41.0 Å². The maximum Gasteiger partial charge on any atom is 0.0589 e. The summed E-state index contributed by atoms with van der Waals surface area (Å²) in [6.07, 6.45) is 0. The Kier molecular flexibility index (Phi) is 9.80. The Hall–Kier alpha value is -0.160. The van der Waals surface area contributed by atoms with Gasteiger partial charge in [0.2, 0.25) is 0 Å². The Morgan fingerprint density at radius 3 is 1.23 bits per heavy atom. The van der Waals surface area contributed by atoms with E-state index in [2.05, 4.69) is 4.90 Å². The number of rotatable bonds is 9. The van der Waals surface area contributed by atoms with Gasteiger partial charge in [0.15, 0.2) is 0 Å². The van der Waals surface area contributed by atoms with Crippen LogP contribution in [0.3, 0.4) is 0 Å². The molecule has 0 unspecified atom stereocenters. The molecule has 0 fully saturated rings. The van der Waals surface area contributed by atoms with Crippen LogP contribution in [0.4, 0.5) is 0 Å². The first-order chi connectivity index (χ1) is 6.35. The fourth-order valence-electron chi connectivity index (χ4n) is 0.997. The van der Waals surface area contributed by atoms with Crippen molar-refractivity contribution in [3.63, 3.8) is 0 Å². The second-order valence-corrected chi connectivity index (χ2v) is 2.82. The first-order valence-electron chi connectivity index (χ1n) is 4.54. The number of nitrogens with zero attached hydrogens (tertiary/aromatic N) is 1. The highest BCUT2D eigenvalue weighted by Crippen LogP contribution is 1.88. The smallest absolute Gasteiger partial charge is 0.0589 e. The van der Waals surface area contributed by atoms with Crippen LogP contribution in [0.25, 0.3) is 0 Å². The Labute approximate surface area is 80.8 Å². The predicted molar refractivity (Wildman–Crippen MR) is 52.1 cm³/mol. The number of hydrogen-bond acceptors (Lipinski definition) is 4. The Balaban J connectivity index is 3.47. The molecule has 0 aromatic rings. The van der Waals surface area contributed by atoms with Crippen molar-refractivity contribution in [1.29, 1.82) is 0 Å². The van der Waals surface area contributed by atoms with E-state index in [9.17, 15) is 0 Å². The lowest BCUT2D eigenvalue weighted by atomic mass is 10.4. The van der Waals surface area contributed by atoms with Gasteiger partial charge >= 0.3 is 0 Å². The van der Waals surface area contributed by atoms with Crippen LogP contribution in [-0.2, 0) is 14.2 Å². The molecule has 4 heteroatoms. The zero-order valence-electron chi connectivity index (χ0n) is 8.91. The molecule has 0 aliphatic carbocycles. The third-order valence-corrected chi connectivity index (χ3v) is 1.83. The molecule has 0 saturated carbocycles. The summed E-state index contributed by atoms with van der Waals surface area (Å²) in [4.78, 5) is 2.26. The van der Waals surface area contributed by atoms with Gasteiger partial charge in [0.05, 0.1) is 19.8 Å². The number of hydrogen-bond donors (Lipinski definition) is 0. The van der Waals surface area contributed by atoms with E-state index < -0.39 is 0 Å². The molecule has 0 atom stereocenters. The van der Waals surface area contributed by atoms with Crippen molar-refractivity contribution in [2.75, 3.05) is 60.8 Å². The lowest BCUT2D eigenvalue weighted by molar-refractivity contribution is 0.0899. The van der Waals surface area contributed by atoms with E-state index in [-0.39, 0.29) is 0 Å². The van der Waals surface area contributed by atoms with Crippen molar-refractivity contribution >= 4 is 0 Å². The van der Waals surface area contributed by atoms with E-state index in [1.165, 1.54) is 0 Å². The quantitative estimate of drug-likeness (QED) is 0.522. The summed E-state index contributed by atoms with van der Waals surface area (Å²) in [5.41, 5.74) is 0. The summed E-state index contributed by atoms with van der Waals surface area (Å²) >= 11 is 0. The summed E-state index contributed by atoms with van der Waals surface area (Å²) in [7, 11) is 5.14. The van der Waals surface area contributed by atoms with Gasteiger partial charge in [-0.2, -0.15) is 0 Å². The molecule has 0 saturated heterocycles. The molecule has 0 amide bonds. The van der Waals surface area contributed by atoms with Gasteiger partial charge in [-0.05, 0) is 0 Å². The van der Waals surface area contributed by atoms with Crippen LogP contribution < -0.4 is 0 Å². The first kappa shape index (κ1) is 12.8. The topological polar surface area (TPSA) is 30.9 Å². The van der Waals surface area contributed by atoms with Crippen LogP contribution in [0.2, 0.25) is 0 Å². The third kappa shape index (κ3) is 8.18. The van der Waals surface area contributed by atoms with Gasteiger partial charge in [-0.1, -0.05) is 0 Å². The van der Waals surface area contributed by atoms with Crippen molar-refractivity contribution < 1.29 is 14.2 Å². The highest BCUT2D eigenvalue weighted by molar-refractivity contribution is 4.55. The summed E-state index contributed by atoms with van der Waals surface area (Å²) in [6, 6.07) is 0. The minimum absolute atomic E-state index is 0.757. The van der Waals surface area contributed by atoms with Crippen molar-refractivity contribution in [3.8, 4) is 0 Å². The predicted octanol–water partition coefficient (Wildman–Crippen LogP) is 0.228. The zero-order valence-corrected chi connectivity index (χ0v) is 8.91. The van der Waals surface area contributed by atoms with Gasteiger partial charge in [0.25, 0.3) is 0 Å².